The van der Waals surface area contributed by atoms with Crippen LogP contribution in [0.25, 0.3) is 0 Å². The third-order valence-corrected chi connectivity index (χ3v) is 3.31. The van der Waals surface area contributed by atoms with Gasteiger partial charge in [-0.15, -0.1) is 0 Å². The van der Waals surface area contributed by atoms with Gasteiger partial charge in [-0.1, -0.05) is 26.2 Å². The SMILES string of the molecule is CCCCCCOC1CCC(OC)CC1. The molecule has 0 bridgehead atoms. The van der Waals surface area contributed by atoms with E-state index in [1.54, 1.807) is 0 Å². The molecule has 1 fully saturated rings. The molecule has 1 saturated carbocycles. The lowest BCUT2D eigenvalue weighted by Crippen LogP contribution is -2.25. The number of hydrogen-bond acceptors (Lipinski definition) is 2. The van der Waals surface area contributed by atoms with Crippen LogP contribution < -0.4 is 0 Å². The van der Waals surface area contributed by atoms with Crippen molar-refractivity contribution in [3.05, 3.63) is 0 Å². The molecule has 0 aromatic rings. The molecule has 0 aromatic carbocycles. The summed E-state index contributed by atoms with van der Waals surface area (Å²) < 4.78 is 11.2. The topological polar surface area (TPSA) is 18.5 Å². The van der Waals surface area contributed by atoms with Gasteiger partial charge < -0.3 is 9.47 Å². The summed E-state index contributed by atoms with van der Waals surface area (Å²) in [4.78, 5) is 0. The lowest BCUT2D eigenvalue weighted by Gasteiger charge is -2.27. The van der Waals surface area contributed by atoms with Crippen LogP contribution in [0.1, 0.15) is 58.3 Å². The number of rotatable bonds is 7. The van der Waals surface area contributed by atoms with Crippen molar-refractivity contribution >= 4 is 0 Å². The molecule has 2 nitrogen and oxygen atoms in total. The molecule has 0 aliphatic heterocycles. The average molecular weight is 214 g/mol. The van der Waals surface area contributed by atoms with Crippen molar-refractivity contribution < 1.29 is 9.47 Å². The first-order chi connectivity index (χ1) is 7.36. The van der Waals surface area contributed by atoms with Crippen LogP contribution >= 0.6 is 0 Å². The van der Waals surface area contributed by atoms with Gasteiger partial charge in [-0.3, -0.25) is 0 Å². The number of unbranched alkanes of at least 4 members (excludes halogenated alkanes) is 3. The summed E-state index contributed by atoms with van der Waals surface area (Å²) in [5, 5.41) is 0. The molecular weight excluding hydrogens is 188 g/mol. The van der Waals surface area contributed by atoms with Gasteiger partial charge in [0.25, 0.3) is 0 Å². The van der Waals surface area contributed by atoms with Gasteiger partial charge in [0.15, 0.2) is 0 Å². The quantitative estimate of drug-likeness (QED) is 0.603. The summed E-state index contributed by atoms with van der Waals surface area (Å²) in [5.74, 6) is 0. The first-order valence-electron chi connectivity index (χ1n) is 6.51. The third-order valence-electron chi connectivity index (χ3n) is 3.31. The molecule has 90 valence electrons. The number of hydrogen-bond donors (Lipinski definition) is 0. The fourth-order valence-electron chi connectivity index (χ4n) is 2.21. The van der Waals surface area contributed by atoms with E-state index in [0.29, 0.717) is 12.2 Å². The minimum absolute atomic E-state index is 0.491. The summed E-state index contributed by atoms with van der Waals surface area (Å²) in [6.07, 6.45) is 10.9. The van der Waals surface area contributed by atoms with E-state index in [0.717, 1.165) is 6.61 Å². The Bertz CT molecular complexity index is 139. The van der Waals surface area contributed by atoms with Gasteiger partial charge in [-0.2, -0.15) is 0 Å². The second kappa shape index (κ2) is 8.12. The zero-order valence-electron chi connectivity index (χ0n) is 10.3. The molecule has 0 spiro atoms. The lowest BCUT2D eigenvalue weighted by molar-refractivity contribution is -0.0173. The highest BCUT2D eigenvalue weighted by molar-refractivity contribution is 4.72. The standard InChI is InChI=1S/C13H26O2/c1-3-4-5-6-11-15-13-9-7-12(14-2)8-10-13/h12-13H,3-11H2,1-2H3. The second-order valence-electron chi connectivity index (χ2n) is 4.57. The van der Waals surface area contributed by atoms with Crippen LogP contribution in [0, 0.1) is 0 Å². The first kappa shape index (κ1) is 13.0. The monoisotopic (exact) mass is 214 g/mol. The highest BCUT2D eigenvalue weighted by Gasteiger charge is 2.20. The fourth-order valence-corrected chi connectivity index (χ4v) is 2.21. The Kier molecular flexibility index (Phi) is 7.03. The van der Waals surface area contributed by atoms with Crippen LogP contribution in [0.4, 0.5) is 0 Å². The minimum Gasteiger partial charge on any atom is -0.381 e. The van der Waals surface area contributed by atoms with Crippen molar-refractivity contribution in [3.8, 4) is 0 Å². The molecule has 0 radical (unpaired) electrons. The lowest BCUT2D eigenvalue weighted by atomic mass is 9.95. The van der Waals surface area contributed by atoms with E-state index in [1.165, 1.54) is 51.4 Å². The highest BCUT2D eigenvalue weighted by Crippen LogP contribution is 2.23. The third kappa shape index (κ3) is 5.53. The van der Waals surface area contributed by atoms with Gasteiger partial charge >= 0.3 is 0 Å². The van der Waals surface area contributed by atoms with Crippen molar-refractivity contribution in [2.75, 3.05) is 13.7 Å². The Morgan fingerprint density at radius 2 is 1.60 bits per heavy atom. The normalized spacial score (nSPS) is 26.8. The van der Waals surface area contributed by atoms with Gasteiger partial charge in [-0.05, 0) is 32.1 Å². The van der Waals surface area contributed by atoms with Crippen LogP contribution in [0.2, 0.25) is 0 Å². The van der Waals surface area contributed by atoms with E-state index in [2.05, 4.69) is 6.92 Å². The molecule has 0 N–H and O–H groups in total. The first-order valence-corrected chi connectivity index (χ1v) is 6.51. The molecule has 0 saturated heterocycles. The molecular formula is C13H26O2. The van der Waals surface area contributed by atoms with Crippen LogP contribution in [0.3, 0.4) is 0 Å². The molecule has 0 aromatic heterocycles. The van der Waals surface area contributed by atoms with Crippen molar-refractivity contribution in [2.24, 2.45) is 0 Å². The van der Waals surface area contributed by atoms with Gasteiger partial charge in [-0.25, -0.2) is 0 Å². The number of ether oxygens (including phenoxy) is 2. The summed E-state index contributed by atoms with van der Waals surface area (Å²) in [7, 11) is 1.82. The fraction of sp³-hybridized carbons (Fsp3) is 1.00. The van der Waals surface area contributed by atoms with E-state index in [-0.39, 0.29) is 0 Å². The van der Waals surface area contributed by atoms with Crippen LogP contribution in [-0.4, -0.2) is 25.9 Å². The maximum absolute atomic E-state index is 5.87. The Labute approximate surface area is 94.3 Å². The van der Waals surface area contributed by atoms with Gasteiger partial charge in [0.1, 0.15) is 0 Å². The van der Waals surface area contributed by atoms with Crippen molar-refractivity contribution in [2.45, 2.75) is 70.5 Å². The summed E-state index contributed by atoms with van der Waals surface area (Å²) in [5.41, 5.74) is 0. The van der Waals surface area contributed by atoms with Crippen LogP contribution in [0.5, 0.6) is 0 Å². The molecule has 15 heavy (non-hydrogen) atoms. The largest absolute Gasteiger partial charge is 0.381 e. The average Bonchev–Trinajstić information content (AvgIpc) is 2.30. The van der Waals surface area contributed by atoms with E-state index in [4.69, 9.17) is 9.47 Å². The Morgan fingerprint density at radius 1 is 0.933 bits per heavy atom. The zero-order valence-corrected chi connectivity index (χ0v) is 10.3. The Balaban J connectivity index is 1.94. The maximum Gasteiger partial charge on any atom is 0.0577 e. The van der Waals surface area contributed by atoms with E-state index in [1.807, 2.05) is 7.11 Å². The smallest absolute Gasteiger partial charge is 0.0577 e. The van der Waals surface area contributed by atoms with Crippen molar-refractivity contribution in [3.63, 3.8) is 0 Å². The predicted molar refractivity (Wildman–Crippen MR) is 63.1 cm³/mol. The van der Waals surface area contributed by atoms with Crippen molar-refractivity contribution in [1.29, 1.82) is 0 Å². The Hall–Kier alpha value is -0.0800. The second-order valence-corrected chi connectivity index (χ2v) is 4.57. The molecule has 0 amide bonds. The Morgan fingerprint density at radius 3 is 2.20 bits per heavy atom. The van der Waals surface area contributed by atoms with Gasteiger partial charge in [0.2, 0.25) is 0 Å². The van der Waals surface area contributed by atoms with Crippen LogP contribution in [0.15, 0.2) is 0 Å². The highest BCUT2D eigenvalue weighted by atomic mass is 16.5. The zero-order chi connectivity index (χ0) is 10.9. The van der Waals surface area contributed by atoms with E-state index in [9.17, 15) is 0 Å². The maximum atomic E-state index is 5.87. The van der Waals surface area contributed by atoms with Crippen molar-refractivity contribution in [1.82, 2.24) is 0 Å². The molecule has 0 heterocycles. The molecule has 2 heteroatoms. The van der Waals surface area contributed by atoms with Crippen LogP contribution in [-0.2, 0) is 9.47 Å². The summed E-state index contributed by atoms with van der Waals surface area (Å²) in [6.45, 7) is 3.20. The molecule has 0 unspecified atom stereocenters. The molecule has 0 atom stereocenters. The van der Waals surface area contributed by atoms with E-state index >= 15 is 0 Å². The molecule has 1 rings (SSSR count). The minimum atomic E-state index is 0.491. The van der Waals surface area contributed by atoms with E-state index < -0.39 is 0 Å². The van der Waals surface area contributed by atoms with Gasteiger partial charge in [0, 0.05) is 13.7 Å². The number of methoxy groups -OCH3 is 1. The van der Waals surface area contributed by atoms with Gasteiger partial charge in [0.05, 0.1) is 12.2 Å². The molecule has 1 aliphatic rings. The molecule has 1 aliphatic carbocycles. The summed E-state index contributed by atoms with van der Waals surface area (Å²) >= 11 is 0. The summed E-state index contributed by atoms with van der Waals surface area (Å²) in [6, 6.07) is 0. The predicted octanol–water partition coefficient (Wildman–Crippen LogP) is 3.54.